The van der Waals surface area contributed by atoms with Crippen LogP contribution in [0.3, 0.4) is 0 Å². The number of nitro groups is 1. The largest absolute Gasteiger partial charge is 0.480 e. The van der Waals surface area contributed by atoms with E-state index in [2.05, 4.69) is 10.6 Å². The van der Waals surface area contributed by atoms with Gasteiger partial charge in [0, 0.05) is 25.7 Å². The highest BCUT2D eigenvalue weighted by molar-refractivity contribution is 7.89. The Labute approximate surface area is 253 Å². The molecule has 0 aliphatic heterocycles. The van der Waals surface area contributed by atoms with Gasteiger partial charge in [-0.3, -0.25) is 14.9 Å². The number of nitrogens with zero attached hydrogens (tertiary/aromatic N) is 2. The van der Waals surface area contributed by atoms with Crippen LogP contribution in [0.4, 0.5) is 15.3 Å². The van der Waals surface area contributed by atoms with Crippen LogP contribution in [0.25, 0.3) is 0 Å². The molecule has 0 fully saturated rings. The molecule has 0 saturated carbocycles. The van der Waals surface area contributed by atoms with E-state index in [1.54, 1.807) is 41.5 Å². The molecular weight excluding hydrogens is 584 g/mol. The molecule has 15 heteroatoms. The number of nitro benzene ring substituents is 1. The number of carbonyl (C=O) groups excluding carboxylic acids is 2. The highest BCUT2D eigenvalue weighted by Crippen LogP contribution is 2.29. The maximum Gasteiger partial charge on any atom is 0.407 e. The fraction of sp³-hybridized carbons (Fsp3) is 0.679. The summed E-state index contributed by atoms with van der Waals surface area (Å²) in [5, 5.41) is 26.8. The molecular formula is C28H46N4O10S. The lowest BCUT2D eigenvalue weighted by molar-refractivity contribution is -0.387. The second-order valence-corrected chi connectivity index (χ2v) is 13.8. The zero-order chi connectivity index (χ0) is 32.8. The highest BCUT2D eigenvalue weighted by Gasteiger charge is 2.38. The molecule has 1 rings (SSSR count). The molecule has 0 radical (unpaired) electrons. The summed E-state index contributed by atoms with van der Waals surface area (Å²) in [6.07, 6.45) is 1.38. The second kappa shape index (κ2) is 17.0. The molecule has 1 unspecified atom stereocenters. The molecule has 0 bridgehead atoms. The van der Waals surface area contributed by atoms with Gasteiger partial charge in [0.05, 0.1) is 4.92 Å². The van der Waals surface area contributed by atoms with E-state index in [1.165, 1.54) is 12.1 Å². The smallest absolute Gasteiger partial charge is 0.407 e. The number of aliphatic carboxylic acids is 1. The first-order valence-corrected chi connectivity index (χ1v) is 15.7. The van der Waals surface area contributed by atoms with Crippen molar-refractivity contribution in [3.63, 3.8) is 0 Å². The Hall–Kier alpha value is -3.46. The normalized spacial score (nSPS) is 12.8. The molecule has 0 aliphatic carbocycles. The number of unbranched alkanes of at least 4 members (excludes halogenated alkanes) is 4. The number of alkyl carbamates (subject to hydrolysis) is 2. The molecule has 0 saturated heterocycles. The minimum atomic E-state index is -4.58. The predicted molar refractivity (Wildman–Crippen MR) is 159 cm³/mol. The summed E-state index contributed by atoms with van der Waals surface area (Å²) in [6, 6.07) is 3.33. The average molecular weight is 631 g/mol. The van der Waals surface area contributed by atoms with Gasteiger partial charge in [-0.15, -0.1) is 0 Å². The summed E-state index contributed by atoms with van der Waals surface area (Å²) in [4.78, 5) is 46.1. The van der Waals surface area contributed by atoms with Crippen LogP contribution in [0.15, 0.2) is 29.2 Å². The van der Waals surface area contributed by atoms with Crippen LogP contribution in [0, 0.1) is 10.1 Å². The summed E-state index contributed by atoms with van der Waals surface area (Å²) in [6.45, 7) is 10.8. The Morgan fingerprint density at radius 1 is 0.884 bits per heavy atom. The first-order valence-electron chi connectivity index (χ1n) is 14.3. The minimum absolute atomic E-state index is 0.0784. The van der Waals surface area contributed by atoms with Crippen molar-refractivity contribution in [3.05, 3.63) is 34.4 Å². The second-order valence-electron chi connectivity index (χ2n) is 12.0. The van der Waals surface area contributed by atoms with Gasteiger partial charge in [0.2, 0.25) is 0 Å². The molecule has 3 N–H and O–H groups in total. The molecule has 0 spiro atoms. The van der Waals surface area contributed by atoms with Crippen LogP contribution in [0.5, 0.6) is 0 Å². The van der Waals surface area contributed by atoms with Gasteiger partial charge in [-0.2, -0.15) is 4.31 Å². The number of carboxylic acid groups (broad SMARTS) is 1. The molecule has 1 aromatic rings. The van der Waals surface area contributed by atoms with Crippen LogP contribution in [-0.2, 0) is 24.3 Å². The monoisotopic (exact) mass is 630 g/mol. The molecule has 1 atom stereocenters. The number of amides is 2. The first kappa shape index (κ1) is 37.6. The van der Waals surface area contributed by atoms with Crippen molar-refractivity contribution < 1.29 is 42.3 Å². The summed E-state index contributed by atoms with van der Waals surface area (Å²) in [5.41, 5.74) is -1.95. The van der Waals surface area contributed by atoms with Gasteiger partial charge in [-0.05, 0) is 79.7 Å². The zero-order valence-electron chi connectivity index (χ0n) is 25.9. The Morgan fingerprint density at radius 3 is 1.86 bits per heavy atom. The topological polar surface area (TPSA) is 194 Å². The molecule has 43 heavy (non-hydrogen) atoms. The van der Waals surface area contributed by atoms with Gasteiger partial charge in [0.1, 0.15) is 17.2 Å². The van der Waals surface area contributed by atoms with Gasteiger partial charge < -0.3 is 25.2 Å². The van der Waals surface area contributed by atoms with Crippen LogP contribution in [0.2, 0.25) is 0 Å². The fourth-order valence-electron chi connectivity index (χ4n) is 4.00. The number of hydrogen-bond acceptors (Lipinski definition) is 9. The number of rotatable bonds is 17. The number of nitrogens with one attached hydrogen (secondary N) is 2. The predicted octanol–water partition coefficient (Wildman–Crippen LogP) is 4.82. The lowest BCUT2D eigenvalue weighted by atomic mass is 10.1. The first-order chi connectivity index (χ1) is 19.8. The van der Waals surface area contributed by atoms with Crippen LogP contribution in [-0.4, -0.2) is 77.8 Å². The minimum Gasteiger partial charge on any atom is -0.480 e. The van der Waals surface area contributed by atoms with Crippen LogP contribution < -0.4 is 10.6 Å². The van der Waals surface area contributed by atoms with Gasteiger partial charge in [-0.25, -0.2) is 18.0 Å². The molecule has 244 valence electrons. The number of sulfonamides is 1. The van der Waals surface area contributed by atoms with Crippen molar-refractivity contribution >= 4 is 33.9 Å². The number of hydrogen-bond donors (Lipinski definition) is 3. The van der Waals surface area contributed by atoms with E-state index in [1.807, 2.05) is 0 Å². The van der Waals surface area contributed by atoms with E-state index in [-0.39, 0.29) is 32.4 Å². The van der Waals surface area contributed by atoms with Crippen LogP contribution in [0.1, 0.15) is 86.5 Å². The lowest BCUT2D eigenvalue weighted by Gasteiger charge is -2.28. The summed E-state index contributed by atoms with van der Waals surface area (Å²) in [5.74, 6) is -1.39. The average Bonchev–Trinajstić information content (AvgIpc) is 2.86. The van der Waals surface area contributed by atoms with Gasteiger partial charge >= 0.3 is 18.2 Å². The Bertz CT molecular complexity index is 1190. The SMILES string of the molecule is CC(C)(C)OC(=O)NCCCCCCN(C(CCCCNC(=O)OC(C)(C)C)C(=O)O)S(=O)(=O)c1ccccc1[N+](=O)[O-]. The van der Waals surface area contributed by atoms with Crippen molar-refractivity contribution in [1.82, 2.24) is 14.9 Å². The third-order valence-corrected chi connectivity index (χ3v) is 7.78. The van der Waals surface area contributed by atoms with Crippen molar-refractivity contribution in [3.8, 4) is 0 Å². The molecule has 0 heterocycles. The zero-order valence-corrected chi connectivity index (χ0v) is 26.7. The van der Waals surface area contributed by atoms with E-state index in [4.69, 9.17) is 9.47 Å². The van der Waals surface area contributed by atoms with Crippen molar-refractivity contribution in [2.45, 2.75) is 109 Å². The number of benzene rings is 1. The van der Waals surface area contributed by atoms with E-state index in [9.17, 15) is 38.0 Å². The maximum atomic E-state index is 13.7. The number of carbonyl (C=O) groups is 3. The molecule has 0 aliphatic rings. The van der Waals surface area contributed by atoms with E-state index in [0.29, 0.717) is 32.2 Å². The quantitative estimate of drug-likeness (QED) is 0.122. The molecule has 2 amide bonds. The molecule has 14 nitrogen and oxygen atoms in total. The van der Waals surface area contributed by atoms with Gasteiger partial charge in [-0.1, -0.05) is 25.0 Å². The van der Waals surface area contributed by atoms with E-state index >= 15 is 0 Å². The summed E-state index contributed by atoms with van der Waals surface area (Å²) in [7, 11) is -4.58. The summed E-state index contributed by atoms with van der Waals surface area (Å²) < 4.78 is 38.5. The van der Waals surface area contributed by atoms with Gasteiger partial charge in [0.25, 0.3) is 15.7 Å². The summed E-state index contributed by atoms with van der Waals surface area (Å²) >= 11 is 0. The standard InChI is InChI=1S/C28H46N4O10S/c1-27(2,3)41-25(35)29-18-12-7-8-14-20-31(43(39,40)23-17-10-9-15-21(23)32(37)38)22(24(33)34)16-11-13-19-30-26(36)42-28(4,5)6/h9-10,15,17,22H,7-8,11-14,16,18-20H2,1-6H3,(H,29,35)(H,30,36)(H,33,34). The fourth-order valence-corrected chi connectivity index (χ4v) is 5.81. The molecule has 0 aromatic heterocycles. The number of carboxylic acids is 1. The van der Waals surface area contributed by atoms with Crippen LogP contribution >= 0.6 is 0 Å². The third-order valence-electron chi connectivity index (χ3n) is 5.83. The Balaban J connectivity index is 2.93. The molecule has 1 aromatic carbocycles. The van der Waals surface area contributed by atoms with Crippen molar-refractivity contribution in [1.29, 1.82) is 0 Å². The maximum absolute atomic E-state index is 13.7. The van der Waals surface area contributed by atoms with Crippen molar-refractivity contribution in [2.24, 2.45) is 0 Å². The Morgan fingerprint density at radius 2 is 1.37 bits per heavy atom. The van der Waals surface area contributed by atoms with Gasteiger partial charge in [0.15, 0.2) is 4.90 Å². The third kappa shape index (κ3) is 14.5. The number of para-hydroxylation sites is 1. The van der Waals surface area contributed by atoms with Crippen molar-refractivity contribution in [2.75, 3.05) is 19.6 Å². The van der Waals surface area contributed by atoms with E-state index < -0.39 is 60.9 Å². The number of ether oxygens (including phenoxy) is 2. The lowest BCUT2D eigenvalue weighted by Crippen LogP contribution is -2.45. The highest BCUT2D eigenvalue weighted by atomic mass is 32.2. The Kier molecular flexibility index (Phi) is 14.8. The van der Waals surface area contributed by atoms with E-state index in [0.717, 1.165) is 16.4 Å².